The highest BCUT2D eigenvalue weighted by Gasteiger charge is 2.14. The lowest BCUT2D eigenvalue weighted by Gasteiger charge is -2.10. The Hall–Kier alpha value is -2.27. The first-order chi connectivity index (χ1) is 10.2. The normalized spacial score (nSPS) is 12.7. The Kier molecular flexibility index (Phi) is 3.92. The zero-order chi connectivity index (χ0) is 14.7. The van der Waals surface area contributed by atoms with Gasteiger partial charge in [0.2, 0.25) is 6.79 Å². The van der Waals surface area contributed by atoms with Gasteiger partial charge in [-0.1, -0.05) is 13.8 Å². The van der Waals surface area contributed by atoms with Crippen LogP contribution in [0.5, 0.6) is 23.0 Å². The molecule has 1 N–H and O–H groups in total. The maximum Gasteiger partial charge on any atom is 0.231 e. The summed E-state index contributed by atoms with van der Waals surface area (Å²) in [5.41, 5.74) is 1.09. The van der Waals surface area contributed by atoms with E-state index in [4.69, 9.17) is 14.2 Å². The molecule has 0 bridgehead atoms. The van der Waals surface area contributed by atoms with Crippen LogP contribution in [0, 0.1) is 0 Å². The molecule has 1 aromatic carbocycles. The minimum absolute atomic E-state index is 0.261. The summed E-state index contributed by atoms with van der Waals surface area (Å²) >= 11 is 0. The van der Waals surface area contributed by atoms with Crippen LogP contribution in [0.15, 0.2) is 36.7 Å². The monoisotopic (exact) mass is 286 g/mol. The number of pyridine rings is 1. The van der Waals surface area contributed by atoms with Crippen molar-refractivity contribution in [2.45, 2.75) is 26.4 Å². The molecule has 2 aromatic rings. The molecule has 1 aliphatic rings. The molecule has 0 amide bonds. The largest absolute Gasteiger partial charge is 0.456 e. The molecule has 0 aliphatic carbocycles. The lowest BCUT2D eigenvalue weighted by Crippen LogP contribution is -2.21. The maximum atomic E-state index is 5.83. The fraction of sp³-hybridized carbons (Fsp3) is 0.312. The highest BCUT2D eigenvalue weighted by atomic mass is 16.7. The van der Waals surface area contributed by atoms with Gasteiger partial charge in [-0.25, -0.2) is 0 Å². The fourth-order valence-electron chi connectivity index (χ4n) is 2.01. The van der Waals surface area contributed by atoms with Crippen molar-refractivity contribution in [3.63, 3.8) is 0 Å². The van der Waals surface area contributed by atoms with Gasteiger partial charge in [0.05, 0.1) is 6.20 Å². The zero-order valence-corrected chi connectivity index (χ0v) is 12.1. The molecular weight excluding hydrogens is 268 g/mol. The fourth-order valence-corrected chi connectivity index (χ4v) is 2.01. The van der Waals surface area contributed by atoms with Crippen LogP contribution in [-0.2, 0) is 6.54 Å². The van der Waals surface area contributed by atoms with Gasteiger partial charge in [-0.15, -0.1) is 0 Å². The second-order valence-electron chi connectivity index (χ2n) is 5.18. The molecule has 0 atom stereocenters. The van der Waals surface area contributed by atoms with Gasteiger partial charge >= 0.3 is 0 Å². The minimum atomic E-state index is 0.261. The summed E-state index contributed by atoms with van der Waals surface area (Å²) in [6.45, 7) is 5.25. The standard InChI is InChI=1S/C16H18N2O3/c1-11(2)18-8-12-5-14(9-17-7-12)21-13-3-4-15-16(6-13)20-10-19-15/h3-7,9,11,18H,8,10H2,1-2H3. The van der Waals surface area contributed by atoms with E-state index >= 15 is 0 Å². The number of hydrogen-bond donors (Lipinski definition) is 1. The maximum absolute atomic E-state index is 5.83. The van der Waals surface area contributed by atoms with Crippen molar-refractivity contribution in [1.29, 1.82) is 0 Å². The van der Waals surface area contributed by atoms with Crippen LogP contribution < -0.4 is 19.5 Å². The summed E-state index contributed by atoms with van der Waals surface area (Å²) in [6.07, 6.45) is 3.53. The van der Waals surface area contributed by atoms with E-state index in [2.05, 4.69) is 24.1 Å². The first-order valence-electron chi connectivity index (χ1n) is 6.95. The molecule has 2 heterocycles. The number of hydrogen-bond acceptors (Lipinski definition) is 5. The Morgan fingerprint density at radius 3 is 2.86 bits per heavy atom. The molecule has 5 nitrogen and oxygen atoms in total. The summed E-state index contributed by atoms with van der Waals surface area (Å²) in [6, 6.07) is 7.93. The smallest absolute Gasteiger partial charge is 0.231 e. The Morgan fingerprint density at radius 2 is 2.00 bits per heavy atom. The van der Waals surface area contributed by atoms with Crippen molar-refractivity contribution >= 4 is 0 Å². The highest BCUT2D eigenvalue weighted by molar-refractivity contribution is 5.48. The van der Waals surface area contributed by atoms with Crippen LogP contribution in [0.25, 0.3) is 0 Å². The lowest BCUT2D eigenvalue weighted by atomic mass is 10.2. The van der Waals surface area contributed by atoms with E-state index < -0.39 is 0 Å². The van der Waals surface area contributed by atoms with Crippen molar-refractivity contribution in [2.24, 2.45) is 0 Å². The number of ether oxygens (including phenoxy) is 3. The number of aromatic nitrogens is 1. The van der Waals surface area contributed by atoms with Crippen LogP contribution in [0.3, 0.4) is 0 Å². The van der Waals surface area contributed by atoms with Crippen LogP contribution >= 0.6 is 0 Å². The topological polar surface area (TPSA) is 52.6 Å². The van der Waals surface area contributed by atoms with Crippen LogP contribution in [-0.4, -0.2) is 17.8 Å². The SMILES string of the molecule is CC(C)NCc1cncc(Oc2ccc3c(c2)OCO3)c1. The molecule has 5 heteroatoms. The molecular formula is C16H18N2O3. The number of fused-ring (bicyclic) bond motifs is 1. The van der Waals surface area contributed by atoms with Gasteiger partial charge in [0, 0.05) is 24.8 Å². The van der Waals surface area contributed by atoms with E-state index in [0.29, 0.717) is 23.3 Å². The molecule has 3 rings (SSSR count). The van der Waals surface area contributed by atoms with E-state index in [1.165, 1.54) is 0 Å². The highest BCUT2D eigenvalue weighted by Crippen LogP contribution is 2.36. The number of rotatable bonds is 5. The molecule has 0 saturated heterocycles. The van der Waals surface area contributed by atoms with Crippen molar-refractivity contribution in [2.75, 3.05) is 6.79 Å². The Morgan fingerprint density at radius 1 is 1.14 bits per heavy atom. The van der Waals surface area contributed by atoms with Gasteiger partial charge in [-0.2, -0.15) is 0 Å². The van der Waals surface area contributed by atoms with Gasteiger partial charge in [0.15, 0.2) is 11.5 Å². The second kappa shape index (κ2) is 6.01. The predicted molar refractivity (Wildman–Crippen MR) is 78.9 cm³/mol. The van der Waals surface area contributed by atoms with E-state index in [-0.39, 0.29) is 6.79 Å². The quantitative estimate of drug-likeness (QED) is 0.915. The summed E-state index contributed by atoms with van der Waals surface area (Å²) in [5, 5.41) is 3.35. The molecule has 1 aromatic heterocycles. The lowest BCUT2D eigenvalue weighted by molar-refractivity contribution is 0.174. The molecule has 0 radical (unpaired) electrons. The van der Waals surface area contributed by atoms with Gasteiger partial charge in [-0.05, 0) is 23.8 Å². The molecule has 1 aliphatic heterocycles. The van der Waals surface area contributed by atoms with Crippen molar-refractivity contribution < 1.29 is 14.2 Å². The molecule has 0 spiro atoms. The number of nitrogens with one attached hydrogen (secondary N) is 1. The number of benzene rings is 1. The average Bonchev–Trinajstić information content (AvgIpc) is 2.93. The molecule has 110 valence electrons. The van der Waals surface area contributed by atoms with E-state index in [9.17, 15) is 0 Å². The van der Waals surface area contributed by atoms with Crippen LogP contribution in [0.1, 0.15) is 19.4 Å². The summed E-state index contributed by atoms with van der Waals surface area (Å²) in [4.78, 5) is 4.21. The summed E-state index contributed by atoms with van der Waals surface area (Å²) in [5.74, 6) is 2.86. The van der Waals surface area contributed by atoms with Gasteiger partial charge in [-0.3, -0.25) is 4.98 Å². The third-order valence-corrected chi connectivity index (χ3v) is 3.06. The van der Waals surface area contributed by atoms with Crippen LogP contribution in [0.2, 0.25) is 0 Å². The van der Waals surface area contributed by atoms with Crippen molar-refractivity contribution in [3.05, 3.63) is 42.2 Å². The first kappa shape index (κ1) is 13.7. The zero-order valence-electron chi connectivity index (χ0n) is 12.1. The Bertz CT molecular complexity index is 629. The first-order valence-corrected chi connectivity index (χ1v) is 6.95. The molecule has 0 unspecified atom stereocenters. The van der Waals surface area contributed by atoms with Crippen LogP contribution in [0.4, 0.5) is 0 Å². The third kappa shape index (κ3) is 3.44. The summed E-state index contributed by atoms with van der Waals surface area (Å²) < 4.78 is 16.4. The third-order valence-electron chi connectivity index (χ3n) is 3.06. The Labute approximate surface area is 123 Å². The summed E-state index contributed by atoms with van der Waals surface area (Å²) in [7, 11) is 0. The van der Waals surface area contributed by atoms with E-state index in [0.717, 1.165) is 17.9 Å². The average molecular weight is 286 g/mol. The van der Waals surface area contributed by atoms with Crippen molar-refractivity contribution in [1.82, 2.24) is 10.3 Å². The van der Waals surface area contributed by atoms with Gasteiger partial charge in [0.25, 0.3) is 0 Å². The Balaban J connectivity index is 1.71. The van der Waals surface area contributed by atoms with Gasteiger partial charge in [0.1, 0.15) is 11.5 Å². The predicted octanol–water partition coefficient (Wildman–Crippen LogP) is 3.10. The number of nitrogens with zero attached hydrogens (tertiary/aromatic N) is 1. The molecule has 0 saturated carbocycles. The van der Waals surface area contributed by atoms with E-state index in [1.54, 1.807) is 6.20 Å². The van der Waals surface area contributed by atoms with Crippen molar-refractivity contribution in [3.8, 4) is 23.0 Å². The second-order valence-corrected chi connectivity index (χ2v) is 5.18. The van der Waals surface area contributed by atoms with Gasteiger partial charge < -0.3 is 19.5 Å². The minimum Gasteiger partial charge on any atom is -0.456 e. The molecule has 0 fully saturated rings. The van der Waals surface area contributed by atoms with E-state index in [1.807, 2.05) is 30.5 Å². The molecule has 21 heavy (non-hydrogen) atoms.